The van der Waals surface area contributed by atoms with Crippen LogP contribution in [0.3, 0.4) is 0 Å². The van der Waals surface area contributed by atoms with E-state index in [9.17, 15) is 8.42 Å². The third kappa shape index (κ3) is 3.06. The molecule has 4 heteroatoms. The summed E-state index contributed by atoms with van der Waals surface area (Å²) in [5.74, 6) is 0.361. The second kappa shape index (κ2) is 3.79. The zero-order chi connectivity index (χ0) is 9.90. The molecule has 71 valence electrons. The van der Waals surface area contributed by atoms with Crippen molar-refractivity contribution in [2.24, 2.45) is 0 Å². The van der Waals surface area contributed by atoms with Crippen molar-refractivity contribution in [3.05, 3.63) is 36.8 Å². The lowest BCUT2D eigenvalue weighted by molar-refractivity contribution is 0.490. The molecule has 0 N–H and O–H groups in total. The van der Waals surface area contributed by atoms with Crippen LogP contribution < -0.4 is 4.18 Å². The predicted molar refractivity (Wildman–Crippen MR) is 51.0 cm³/mol. The molecule has 0 spiro atoms. The standard InChI is InChI=1S/C9H11O3S/c1-3-8-6-4-5-7-9(8)12-13(2,10)11/h4-7H,1,3H2,2H3. The van der Waals surface area contributed by atoms with E-state index in [-0.39, 0.29) is 0 Å². The van der Waals surface area contributed by atoms with E-state index in [1.807, 2.05) is 6.07 Å². The molecule has 0 bridgehead atoms. The van der Waals surface area contributed by atoms with Gasteiger partial charge in [0.05, 0.1) is 6.26 Å². The Morgan fingerprint density at radius 3 is 2.54 bits per heavy atom. The van der Waals surface area contributed by atoms with E-state index >= 15 is 0 Å². The fourth-order valence-corrected chi connectivity index (χ4v) is 1.44. The molecule has 0 saturated carbocycles. The molecule has 1 radical (unpaired) electrons. The van der Waals surface area contributed by atoms with E-state index in [4.69, 9.17) is 4.18 Å². The van der Waals surface area contributed by atoms with Gasteiger partial charge in [-0.2, -0.15) is 8.42 Å². The largest absolute Gasteiger partial charge is 0.382 e. The SMILES string of the molecule is [CH2]Cc1ccccc1OS(C)(=O)=O. The van der Waals surface area contributed by atoms with Crippen LogP contribution in [0.5, 0.6) is 5.75 Å². The molecular weight excluding hydrogens is 188 g/mol. The van der Waals surface area contributed by atoms with Gasteiger partial charge in [-0.05, 0) is 25.0 Å². The van der Waals surface area contributed by atoms with Crippen molar-refractivity contribution < 1.29 is 12.6 Å². The van der Waals surface area contributed by atoms with Crippen molar-refractivity contribution in [2.75, 3.05) is 6.26 Å². The van der Waals surface area contributed by atoms with Gasteiger partial charge in [0, 0.05) is 0 Å². The molecule has 0 heterocycles. The van der Waals surface area contributed by atoms with Gasteiger partial charge in [0.15, 0.2) is 0 Å². The Labute approximate surface area is 78.5 Å². The fraction of sp³-hybridized carbons (Fsp3) is 0.222. The minimum Gasteiger partial charge on any atom is -0.382 e. The summed E-state index contributed by atoms with van der Waals surface area (Å²) in [5, 5.41) is 0. The maximum atomic E-state index is 10.8. The van der Waals surface area contributed by atoms with Crippen LogP contribution in [0.15, 0.2) is 24.3 Å². The van der Waals surface area contributed by atoms with Gasteiger partial charge in [0.25, 0.3) is 0 Å². The highest BCUT2D eigenvalue weighted by Crippen LogP contribution is 2.19. The Bertz CT molecular complexity index is 382. The van der Waals surface area contributed by atoms with Crippen molar-refractivity contribution in [3.8, 4) is 5.75 Å². The molecule has 0 saturated heterocycles. The smallest absolute Gasteiger partial charge is 0.306 e. The van der Waals surface area contributed by atoms with E-state index < -0.39 is 10.1 Å². The monoisotopic (exact) mass is 199 g/mol. The van der Waals surface area contributed by atoms with Crippen molar-refractivity contribution in [2.45, 2.75) is 6.42 Å². The molecule has 0 aliphatic rings. The molecule has 0 unspecified atom stereocenters. The first-order chi connectivity index (χ1) is 6.03. The van der Waals surface area contributed by atoms with Crippen LogP contribution in [0.4, 0.5) is 0 Å². The van der Waals surface area contributed by atoms with Crippen LogP contribution in [0.25, 0.3) is 0 Å². The van der Waals surface area contributed by atoms with Crippen LogP contribution >= 0.6 is 0 Å². The highest BCUT2D eigenvalue weighted by atomic mass is 32.2. The average molecular weight is 199 g/mol. The second-order valence-electron chi connectivity index (χ2n) is 2.65. The summed E-state index contributed by atoms with van der Waals surface area (Å²) >= 11 is 0. The molecule has 0 aliphatic carbocycles. The van der Waals surface area contributed by atoms with E-state index in [0.717, 1.165) is 11.8 Å². The summed E-state index contributed by atoms with van der Waals surface area (Å²) in [5.41, 5.74) is 0.785. The van der Waals surface area contributed by atoms with Gasteiger partial charge >= 0.3 is 10.1 Å². The van der Waals surface area contributed by atoms with Crippen molar-refractivity contribution in [1.29, 1.82) is 0 Å². The van der Waals surface area contributed by atoms with Gasteiger partial charge < -0.3 is 4.18 Å². The molecule has 0 aliphatic heterocycles. The van der Waals surface area contributed by atoms with Crippen LogP contribution in [0.1, 0.15) is 5.56 Å². The quantitative estimate of drug-likeness (QED) is 0.691. The molecule has 1 rings (SSSR count). The molecule has 3 nitrogen and oxygen atoms in total. The number of para-hydroxylation sites is 1. The summed E-state index contributed by atoms with van der Waals surface area (Å²) in [4.78, 5) is 0. The van der Waals surface area contributed by atoms with E-state index in [1.165, 1.54) is 0 Å². The van der Waals surface area contributed by atoms with Gasteiger partial charge in [-0.25, -0.2) is 0 Å². The van der Waals surface area contributed by atoms with Gasteiger partial charge in [0.1, 0.15) is 5.75 Å². The van der Waals surface area contributed by atoms with Gasteiger partial charge in [-0.3, -0.25) is 0 Å². The fourth-order valence-electron chi connectivity index (χ4n) is 0.955. The molecule has 1 aromatic rings. The summed E-state index contributed by atoms with van der Waals surface area (Å²) in [7, 11) is -3.44. The summed E-state index contributed by atoms with van der Waals surface area (Å²) in [6.07, 6.45) is 1.53. The van der Waals surface area contributed by atoms with Crippen LogP contribution in [0, 0.1) is 6.92 Å². The zero-order valence-corrected chi connectivity index (χ0v) is 8.17. The topological polar surface area (TPSA) is 43.4 Å². The number of hydrogen-bond donors (Lipinski definition) is 0. The zero-order valence-electron chi connectivity index (χ0n) is 7.36. The summed E-state index contributed by atoms with van der Waals surface area (Å²) < 4.78 is 26.4. The second-order valence-corrected chi connectivity index (χ2v) is 4.22. The molecule has 13 heavy (non-hydrogen) atoms. The molecule has 0 atom stereocenters. The first-order valence-corrected chi connectivity index (χ1v) is 5.61. The third-order valence-electron chi connectivity index (χ3n) is 1.48. The summed E-state index contributed by atoms with van der Waals surface area (Å²) in [6.45, 7) is 3.67. The lowest BCUT2D eigenvalue weighted by atomic mass is 10.1. The molecule has 0 aromatic heterocycles. The predicted octanol–water partition coefficient (Wildman–Crippen LogP) is 1.40. The lowest BCUT2D eigenvalue weighted by Gasteiger charge is -2.06. The minimum atomic E-state index is -3.44. The van der Waals surface area contributed by atoms with Gasteiger partial charge in [-0.15, -0.1) is 0 Å². The highest BCUT2D eigenvalue weighted by molar-refractivity contribution is 7.86. The van der Waals surface area contributed by atoms with Crippen molar-refractivity contribution >= 4 is 10.1 Å². The van der Waals surface area contributed by atoms with Crippen LogP contribution in [0.2, 0.25) is 0 Å². The normalized spacial score (nSPS) is 11.2. The average Bonchev–Trinajstić information content (AvgIpc) is 2.02. The maximum absolute atomic E-state index is 10.8. The molecular formula is C9H11O3S. The highest BCUT2D eigenvalue weighted by Gasteiger charge is 2.07. The summed E-state index contributed by atoms with van der Waals surface area (Å²) in [6, 6.07) is 6.93. The number of benzene rings is 1. The molecule has 0 fully saturated rings. The van der Waals surface area contributed by atoms with Crippen LogP contribution in [-0.2, 0) is 16.5 Å². The van der Waals surface area contributed by atoms with Crippen LogP contribution in [-0.4, -0.2) is 14.7 Å². The Morgan fingerprint density at radius 1 is 1.38 bits per heavy atom. The van der Waals surface area contributed by atoms with Crippen molar-refractivity contribution in [3.63, 3.8) is 0 Å². The minimum absolute atomic E-state index is 0.361. The van der Waals surface area contributed by atoms with E-state index in [1.54, 1.807) is 18.2 Å². The van der Waals surface area contributed by atoms with Crippen molar-refractivity contribution in [1.82, 2.24) is 0 Å². The van der Waals surface area contributed by atoms with E-state index in [2.05, 4.69) is 6.92 Å². The third-order valence-corrected chi connectivity index (χ3v) is 1.97. The number of rotatable bonds is 3. The Kier molecular flexibility index (Phi) is 2.93. The Balaban J connectivity index is 3.01. The number of hydrogen-bond acceptors (Lipinski definition) is 3. The Morgan fingerprint density at radius 2 is 2.00 bits per heavy atom. The first-order valence-electron chi connectivity index (χ1n) is 3.79. The molecule has 1 aromatic carbocycles. The van der Waals surface area contributed by atoms with E-state index in [0.29, 0.717) is 12.2 Å². The maximum Gasteiger partial charge on any atom is 0.306 e. The Hall–Kier alpha value is -1.03. The van der Waals surface area contributed by atoms with Gasteiger partial charge in [0.2, 0.25) is 0 Å². The van der Waals surface area contributed by atoms with Gasteiger partial charge in [-0.1, -0.05) is 18.2 Å². The molecule has 0 amide bonds. The lowest BCUT2D eigenvalue weighted by Crippen LogP contribution is -2.07. The first kappa shape index (κ1) is 10.1.